The van der Waals surface area contributed by atoms with Crippen LogP contribution in [0.4, 0.5) is 0 Å². The fourth-order valence-corrected chi connectivity index (χ4v) is 4.73. The molecule has 0 aliphatic heterocycles. The fourth-order valence-electron chi connectivity index (χ4n) is 4.73. The standard InChI is InChI=1S/C28H31N3O2/c1-2-3-19-31-27(29-26(30-31)18-15-21-9-5-4-6-10-21)20-22-13-16-23(17-14-22)24-11-7-8-12-25(24)28(32)33/h1,7-8,11-14,16-17,21H,3-6,9-10,15,18-20H2,(H,32,33). The van der Waals surface area contributed by atoms with Gasteiger partial charge in [-0.1, -0.05) is 74.6 Å². The summed E-state index contributed by atoms with van der Waals surface area (Å²) in [7, 11) is 0. The number of aromatic nitrogens is 3. The summed E-state index contributed by atoms with van der Waals surface area (Å²) in [4.78, 5) is 16.4. The van der Waals surface area contributed by atoms with Gasteiger partial charge in [-0.05, 0) is 35.1 Å². The van der Waals surface area contributed by atoms with Crippen molar-refractivity contribution >= 4 is 5.97 Å². The number of carboxylic acids is 1. The van der Waals surface area contributed by atoms with Crippen LogP contribution in [0, 0.1) is 18.3 Å². The van der Waals surface area contributed by atoms with Crippen LogP contribution in [-0.2, 0) is 19.4 Å². The molecule has 1 N–H and O–H groups in total. The lowest BCUT2D eigenvalue weighted by atomic mass is 9.86. The van der Waals surface area contributed by atoms with Crippen LogP contribution in [-0.4, -0.2) is 25.8 Å². The molecule has 0 spiro atoms. The zero-order valence-electron chi connectivity index (χ0n) is 19.0. The van der Waals surface area contributed by atoms with Gasteiger partial charge in [-0.25, -0.2) is 14.5 Å². The van der Waals surface area contributed by atoms with Crippen molar-refractivity contribution in [2.75, 3.05) is 0 Å². The predicted octanol–water partition coefficient (Wildman–Crippen LogP) is 5.77. The van der Waals surface area contributed by atoms with Gasteiger partial charge < -0.3 is 5.11 Å². The number of carboxylic acid groups (broad SMARTS) is 1. The smallest absolute Gasteiger partial charge is 0.336 e. The minimum atomic E-state index is -0.919. The molecule has 4 rings (SSSR count). The highest BCUT2D eigenvalue weighted by atomic mass is 16.4. The Morgan fingerprint density at radius 2 is 1.85 bits per heavy atom. The molecule has 1 heterocycles. The Balaban J connectivity index is 1.48. The van der Waals surface area contributed by atoms with Gasteiger partial charge in [-0.2, -0.15) is 5.10 Å². The maximum Gasteiger partial charge on any atom is 0.336 e. The zero-order valence-corrected chi connectivity index (χ0v) is 19.0. The lowest BCUT2D eigenvalue weighted by molar-refractivity contribution is 0.0697. The SMILES string of the molecule is C#CCCn1nc(CCC2CCCCC2)nc1Cc1ccc(-c2ccccc2C(=O)O)cc1. The molecule has 0 atom stereocenters. The molecule has 1 saturated carbocycles. The van der Waals surface area contributed by atoms with Crippen LogP contribution in [0.15, 0.2) is 48.5 Å². The highest BCUT2D eigenvalue weighted by molar-refractivity contribution is 5.95. The molecule has 1 aliphatic carbocycles. The number of benzene rings is 2. The largest absolute Gasteiger partial charge is 0.478 e. The van der Waals surface area contributed by atoms with Crippen molar-refractivity contribution in [2.24, 2.45) is 5.92 Å². The molecule has 33 heavy (non-hydrogen) atoms. The number of hydrogen-bond acceptors (Lipinski definition) is 3. The molecule has 2 aromatic carbocycles. The minimum absolute atomic E-state index is 0.307. The number of terminal acetylenes is 1. The van der Waals surface area contributed by atoms with Crippen molar-refractivity contribution in [1.29, 1.82) is 0 Å². The molecule has 1 aliphatic rings. The molecule has 5 nitrogen and oxygen atoms in total. The maximum atomic E-state index is 11.6. The second-order valence-corrected chi connectivity index (χ2v) is 8.89. The maximum absolute atomic E-state index is 11.6. The molecule has 0 radical (unpaired) electrons. The van der Waals surface area contributed by atoms with Crippen molar-refractivity contribution in [3.63, 3.8) is 0 Å². The van der Waals surface area contributed by atoms with E-state index in [0.717, 1.165) is 47.1 Å². The van der Waals surface area contributed by atoms with Crippen molar-refractivity contribution in [1.82, 2.24) is 14.8 Å². The first kappa shape index (κ1) is 22.8. The zero-order chi connectivity index (χ0) is 23.0. The summed E-state index contributed by atoms with van der Waals surface area (Å²) in [5, 5.41) is 14.2. The van der Waals surface area contributed by atoms with Crippen LogP contribution < -0.4 is 0 Å². The molecule has 0 unspecified atom stereocenters. The summed E-state index contributed by atoms with van der Waals surface area (Å²) in [6, 6.07) is 15.1. The van der Waals surface area contributed by atoms with Crippen LogP contribution in [0.3, 0.4) is 0 Å². The average Bonchev–Trinajstić information content (AvgIpc) is 3.24. The van der Waals surface area contributed by atoms with Gasteiger partial charge in [0.25, 0.3) is 0 Å². The van der Waals surface area contributed by atoms with E-state index in [4.69, 9.17) is 16.5 Å². The summed E-state index contributed by atoms with van der Waals surface area (Å²) in [5.74, 6) is 4.44. The summed E-state index contributed by atoms with van der Waals surface area (Å²) < 4.78 is 1.96. The first-order valence-corrected chi connectivity index (χ1v) is 11.9. The van der Waals surface area contributed by atoms with Crippen LogP contribution >= 0.6 is 0 Å². The van der Waals surface area contributed by atoms with Gasteiger partial charge in [0.2, 0.25) is 0 Å². The minimum Gasteiger partial charge on any atom is -0.478 e. The Morgan fingerprint density at radius 1 is 1.09 bits per heavy atom. The Bertz CT molecular complexity index is 1120. The Hall–Kier alpha value is -3.39. The molecular formula is C28H31N3O2. The van der Waals surface area contributed by atoms with E-state index in [0.29, 0.717) is 24.9 Å². The van der Waals surface area contributed by atoms with Crippen LogP contribution in [0.5, 0.6) is 0 Å². The van der Waals surface area contributed by atoms with Crippen molar-refractivity contribution in [3.8, 4) is 23.5 Å². The van der Waals surface area contributed by atoms with E-state index in [1.165, 1.54) is 32.1 Å². The van der Waals surface area contributed by atoms with Crippen LogP contribution in [0.25, 0.3) is 11.1 Å². The van der Waals surface area contributed by atoms with E-state index >= 15 is 0 Å². The number of hydrogen-bond donors (Lipinski definition) is 1. The number of rotatable bonds is 9. The monoisotopic (exact) mass is 441 g/mol. The lowest BCUT2D eigenvalue weighted by Gasteiger charge is -2.20. The molecule has 5 heteroatoms. The molecule has 1 fully saturated rings. The summed E-state index contributed by atoms with van der Waals surface area (Å²) >= 11 is 0. The molecule has 3 aromatic rings. The second-order valence-electron chi connectivity index (χ2n) is 8.89. The van der Waals surface area contributed by atoms with E-state index in [-0.39, 0.29) is 0 Å². The molecule has 0 amide bonds. The second kappa shape index (κ2) is 11.0. The highest BCUT2D eigenvalue weighted by Gasteiger charge is 2.16. The van der Waals surface area contributed by atoms with E-state index < -0.39 is 5.97 Å². The van der Waals surface area contributed by atoms with Gasteiger partial charge in [-0.15, -0.1) is 12.3 Å². The fraction of sp³-hybridized carbons (Fsp3) is 0.393. The van der Waals surface area contributed by atoms with E-state index in [2.05, 4.69) is 5.92 Å². The Morgan fingerprint density at radius 3 is 2.58 bits per heavy atom. The van der Waals surface area contributed by atoms with Crippen molar-refractivity contribution < 1.29 is 9.90 Å². The van der Waals surface area contributed by atoms with Gasteiger partial charge in [0.05, 0.1) is 12.1 Å². The molecule has 1 aromatic heterocycles. The summed E-state index contributed by atoms with van der Waals surface area (Å²) in [6.07, 6.45) is 15.6. The first-order chi connectivity index (χ1) is 16.1. The van der Waals surface area contributed by atoms with Crippen molar-refractivity contribution in [2.45, 2.75) is 64.3 Å². The molecule has 0 bridgehead atoms. The summed E-state index contributed by atoms with van der Waals surface area (Å²) in [5.41, 5.74) is 3.03. The topological polar surface area (TPSA) is 68.0 Å². The van der Waals surface area contributed by atoms with Gasteiger partial charge in [-0.3, -0.25) is 0 Å². The predicted molar refractivity (Wildman–Crippen MR) is 130 cm³/mol. The third-order valence-electron chi connectivity index (χ3n) is 6.55. The first-order valence-electron chi connectivity index (χ1n) is 11.9. The third kappa shape index (κ3) is 5.90. The average molecular weight is 442 g/mol. The van der Waals surface area contributed by atoms with Gasteiger partial charge in [0, 0.05) is 19.3 Å². The van der Waals surface area contributed by atoms with E-state index in [1.54, 1.807) is 12.1 Å². The normalized spacial score (nSPS) is 14.2. The number of aryl methyl sites for hydroxylation is 2. The third-order valence-corrected chi connectivity index (χ3v) is 6.55. The lowest BCUT2D eigenvalue weighted by Crippen LogP contribution is -2.08. The van der Waals surface area contributed by atoms with Crippen molar-refractivity contribution in [3.05, 3.63) is 71.3 Å². The molecular weight excluding hydrogens is 410 g/mol. The Labute approximate surface area is 195 Å². The number of carbonyl (C=O) groups is 1. The number of nitrogens with zero attached hydrogens (tertiary/aromatic N) is 3. The summed E-state index contributed by atoms with van der Waals surface area (Å²) in [6.45, 7) is 0.673. The quantitative estimate of drug-likeness (QED) is 0.428. The molecule has 0 saturated heterocycles. The van der Waals surface area contributed by atoms with E-state index in [9.17, 15) is 9.90 Å². The number of aromatic carboxylic acids is 1. The van der Waals surface area contributed by atoms with Gasteiger partial charge in [0.1, 0.15) is 5.82 Å². The van der Waals surface area contributed by atoms with Crippen LogP contribution in [0.1, 0.15) is 72.5 Å². The van der Waals surface area contributed by atoms with Crippen LogP contribution in [0.2, 0.25) is 0 Å². The Kier molecular flexibility index (Phi) is 7.57. The van der Waals surface area contributed by atoms with Gasteiger partial charge >= 0.3 is 5.97 Å². The highest BCUT2D eigenvalue weighted by Crippen LogP contribution is 2.27. The van der Waals surface area contributed by atoms with Gasteiger partial charge in [0.15, 0.2) is 5.82 Å². The van der Waals surface area contributed by atoms with E-state index in [1.807, 2.05) is 41.1 Å². The molecule has 170 valence electrons.